The fourth-order valence-corrected chi connectivity index (χ4v) is 3.47. The lowest BCUT2D eigenvalue weighted by molar-refractivity contribution is -0.121. The van der Waals surface area contributed by atoms with E-state index in [0.717, 1.165) is 22.3 Å². The summed E-state index contributed by atoms with van der Waals surface area (Å²) in [6.45, 7) is 4.27. The van der Waals surface area contributed by atoms with Gasteiger partial charge in [0.05, 0.1) is 12.5 Å². The number of hydrogen-bond acceptors (Lipinski definition) is 3. The maximum atomic E-state index is 12.4. The van der Waals surface area contributed by atoms with E-state index < -0.39 is 0 Å². The number of fused-ring (bicyclic) bond motifs is 1. The third-order valence-corrected chi connectivity index (χ3v) is 4.52. The fourth-order valence-electron chi connectivity index (χ4n) is 2.81. The molecule has 1 N–H and O–H groups in total. The number of carbonyl (C=O) groups excluding carboxylic acids is 1. The van der Waals surface area contributed by atoms with Crippen LogP contribution in [0.5, 0.6) is 5.88 Å². The molecule has 23 heavy (non-hydrogen) atoms. The van der Waals surface area contributed by atoms with Gasteiger partial charge in [-0.05, 0) is 48.7 Å². The van der Waals surface area contributed by atoms with Crippen LogP contribution in [-0.2, 0) is 11.2 Å². The first-order chi connectivity index (χ1) is 11.0. The Morgan fingerprint density at radius 1 is 1.35 bits per heavy atom. The number of aryl methyl sites for hydroxylation is 2. The topological polar surface area (TPSA) is 51.2 Å². The van der Waals surface area contributed by atoms with Crippen molar-refractivity contribution in [1.82, 2.24) is 10.3 Å². The Kier molecular flexibility index (Phi) is 4.46. The number of amides is 1. The first-order valence-electron chi connectivity index (χ1n) is 7.28. The Balaban J connectivity index is 1.75. The quantitative estimate of drug-likeness (QED) is 0.915. The van der Waals surface area contributed by atoms with Gasteiger partial charge in [-0.3, -0.25) is 4.79 Å². The molecule has 1 amide bonds. The summed E-state index contributed by atoms with van der Waals surface area (Å²) in [7, 11) is 0. The zero-order valence-corrected chi connectivity index (χ0v) is 14.3. The molecule has 1 aromatic heterocycles. The molecule has 1 aliphatic rings. The van der Waals surface area contributed by atoms with Crippen LogP contribution in [0.1, 0.15) is 28.3 Å². The molecule has 0 bridgehead atoms. The van der Waals surface area contributed by atoms with Gasteiger partial charge in [-0.15, -0.1) is 0 Å². The van der Waals surface area contributed by atoms with Crippen molar-refractivity contribution < 1.29 is 9.53 Å². The summed E-state index contributed by atoms with van der Waals surface area (Å²) in [4.78, 5) is 16.6. The van der Waals surface area contributed by atoms with Crippen molar-refractivity contribution in [2.75, 3.05) is 6.61 Å². The molecule has 0 saturated heterocycles. The highest BCUT2D eigenvalue weighted by atomic mass is 35.5. The second-order valence-corrected chi connectivity index (χ2v) is 6.48. The highest BCUT2D eigenvalue weighted by molar-refractivity contribution is 6.35. The lowest BCUT2D eigenvalue weighted by atomic mass is 10.0. The highest BCUT2D eigenvalue weighted by Gasteiger charge is 2.28. The summed E-state index contributed by atoms with van der Waals surface area (Å²) >= 11 is 12.2. The van der Waals surface area contributed by atoms with Crippen molar-refractivity contribution in [2.45, 2.75) is 26.3 Å². The highest BCUT2D eigenvalue weighted by Crippen LogP contribution is 2.33. The Morgan fingerprint density at radius 2 is 2.13 bits per heavy atom. The van der Waals surface area contributed by atoms with E-state index in [2.05, 4.69) is 10.3 Å². The monoisotopic (exact) mass is 350 g/mol. The molecule has 0 spiro atoms. The third-order valence-electron chi connectivity index (χ3n) is 3.96. The lowest BCUT2D eigenvalue weighted by Gasteiger charge is -2.14. The average molecular weight is 351 g/mol. The summed E-state index contributed by atoms with van der Waals surface area (Å²) in [6, 6.07) is 5.18. The van der Waals surface area contributed by atoms with Crippen LogP contribution in [0.4, 0.5) is 0 Å². The smallest absolute Gasteiger partial charge is 0.225 e. The number of hydrogen-bond donors (Lipinski definition) is 1. The second-order valence-electron chi connectivity index (χ2n) is 5.64. The fraction of sp³-hybridized carbons (Fsp3) is 0.294. The Bertz CT molecular complexity index is 754. The molecule has 1 atom stereocenters. The van der Waals surface area contributed by atoms with Crippen LogP contribution in [0.15, 0.2) is 24.4 Å². The molecule has 4 nitrogen and oxygen atoms in total. The number of halogens is 2. The Labute approximate surface area is 144 Å². The summed E-state index contributed by atoms with van der Waals surface area (Å²) in [6.07, 6.45) is 1.90. The molecule has 0 radical (unpaired) electrons. The van der Waals surface area contributed by atoms with Crippen molar-refractivity contribution >= 4 is 29.1 Å². The van der Waals surface area contributed by atoms with Crippen LogP contribution in [0.25, 0.3) is 0 Å². The molecule has 0 saturated carbocycles. The second kappa shape index (κ2) is 6.38. The number of aromatic nitrogens is 1. The van der Waals surface area contributed by atoms with Crippen LogP contribution in [0, 0.1) is 13.8 Å². The summed E-state index contributed by atoms with van der Waals surface area (Å²) in [5.41, 5.74) is 3.69. The number of rotatable bonds is 3. The standard InChI is InChI=1S/C17H16Cl2N2O2/c1-9-3-4-20-17-16(9)14(8-23-17)21-15(22)7-12-10(2)5-11(18)6-13(12)19/h3-6,14H,7-8H2,1-2H3,(H,21,22). The van der Waals surface area contributed by atoms with Gasteiger partial charge < -0.3 is 10.1 Å². The molecular formula is C17H16Cl2N2O2. The van der Waals surface area contributed by atoms with Crippen LogP contribution in [0.2, 0.25) is 10.0 Å². The van der Waals surface area contributed by atoms with Gasteiger partial charge in [-0.25, -0.2) is 4.98 Å². The van der Waals surface area contributed by atoms with E-state index in [1.54, 1.807) is 18.3 Å². The van der Waals surface area contributed by atoms with E-state index in [9.17, 15) is 4.79 Å². The minimum absolute atomic E-state index is 0.109. The predicted octanol–water partition coefficient (Wildman–Crippen LogP) is 3.80. The van der Waals surface area contributed by atoms with E-state index >= 15 is 0 Å². The molecule has 120 valence electrons. The van der Waals surface area contributed by atoms with Crippen LogP contribution in [-0.4, -0.2) is 17.5 Å². The van der Waals surface area contributed by atoms with Gasteiger partial charge in [0.25, 0.3) is 0 Å². The predicted molar refractivity (Wildman–Crippen MR) is 90.3 cm³/mol. The maximum Gasteiger partial charge on any atom is 0.225 e. The normalized spacial score (nSPS) is 15.9. The van der Waals surface area contributed by atoms with Gasteiger partial charge in [-0.2, -0.15) is 0 Å². The van der Waals surface area contributed by atoms with E-state index in [4.69, 9.17) is 27.9 Å². The first kappa shape index (κ1) is 16.1. The SMILES string of the molecule is Cc1cc(Cl)cc(Cl)c1CC(=O)NC1COc2nccc(C)c21. The van der Waals surface area contributed by atoms with E-state index in [-0.39, 0.29) is 18.4 Å². The Hall–Kier alpha value is -1.78. The number of nitrogens with zero attached hydrogens (tertiary/aromatic N) is 1. The zero-order chi connectivity index (χ0) is 16.6. The van der Waals surface area contributed by atoms with Crippen LogP contribution < -0.4 is 10.1 Å². The largest absolute Gasteiger partial charge is 0.475 e. The molecule has 1 aliphatic heterocycles. The minimum Gasteiger partial charge on any atom is -0.475 e. The maximum absolute atomic E-state index is 12.4. The van der Waals surface area contributed by atoms with Crippen molar-refractivity contribution in [3.63, 3.8) is 0 Å². The molecule has 2 aromatic rings. The minimum atomic E-state index is -0.183. The zero-order valence-electron chi connectivity index (χ0n) is 12.8. The molecular weight excluding hydrogens is 335 g/mol. The summed E-state index contributed by atoms with van der Waals surface area (Å²) in [5, 5.41) is 4.07. The third kappa shape index (κ3) is 3.28. The van der Waals surface area contributed by atoms with Gasteiger partial charge >= 0.3 is 0 Å². The van der Waals surface area contributed by atoms with Gasteiger partial charge in [0, 0.05) is 21.8 Å². The van der Waals surface area contributed by atoms with Crippen LogP contribution >= 0.6 is 23.2 Å². The molecule has 0 aliphatic carbocycles. The van der Waals surface area contributed by atoms with Crippen molar-refractivity contribution in [3.05, 3.63) is 56.7 Å². The van der Waals surface area contributed by atoms with Gasteiger partial charge in [-0.1, -0.05) is 23.2 Å². The van der Waals surface area contributed by atoms with Crippen molar-refractivity contribution in [1.29, 1.82) is 0 Å². The van der Waals surface area contributed by atoms with E-state index in [0.29, 0.717) is 22.5 Å². The number of pyridine rings is 1. The lowest BCUT2D eigenvalue weighted by Crippen LogP contribution is -2.31. The number of benzene rings is 1. The number of ether oxygens (including phenoxy) is 1. The molecule has 1 unspecified atom stereocenters. The molecule has 2 heterocycles. The number of nitrogens with one attached hydrogen (secondary N) is 1. The van der Waals surface area contributed by atoms with E-state index in [1.165, 1.54) is 0 Å². The average Bonchev–Trinajstić information content (AvgIpc) is 2.87. The summed E-state index contributed by atoms with van der Waals surface area (Å²) in [5.74, 6) is 0.484. The number of carbonyl (C=O) groups is 1. The van der Waals surface area contributed by atoms with Crippen molar-refractivity contribution in [2.24, 2.45) is 0 Å². The molecule has 0 fully saturated rings. The van der Waals surface area contributed by atoms with Crippen LogP contribution in [0.3, 0.4) is 0 Å². The van der Waals surface area contributed by atoms with Gasteiger partial charge in [0.1, 0.15) is 6.61 Å². The van der Waals surface area contributed by atoms with Gasteiger partial charge in [0.15, 0.2) is 0 Å². The van der Waals surface area contributed by atoms with Gasteiger partial charge in [0.2, 0.25) is 11.8 Å². The van der Waals surface area contributed by atoms with E-state index in [1.807, 2.05) is 19.9 Å². The molecule has 1 aromatic carbocycles. The molecule has 6 heteroatoms. The summed E-state index contributed by atoms with van der Waals surface area (Å²) < 4.78 is 5.54. The first-order valence-corrected chi connectivity index (χ1v) is 8.03. The van der Waals surface area contributed by atoms with Crippen molar-refractivity contribution in [3.8, 4) is 5.88 Å². The Morgan fingerprint density at radius 3 is 2.87 bits per heavy atom. The molecule has 3 rings (SSSR count).